The molecule has 58 valence electrons. The topological polar surface area (TPSA) is 18.8 Å². The van der Waals surface area contributed by atoms with E-state index < -0.39 is 0 Å². The Kier molecular flexibility index (Phi) is 2.68. The molecule has 1 heterocycles. The highest BCUT2D eigenvalue weighted by molar-refractivity contribution is 5.56. The van der Waals surface area contributed by atoms with E-state index in [1.807, 2.05) is 6.34 Å². The van der Waals surface area contributed by atoms with Gasteiger partial charge in [0.25, 0.3) is 0 Å². The minimum Gasteiger partial charge on any atom is -0.360 e. The fourth-order valence-electron chi connectivity index (χ4n) is 0.915. The van der Waals surface area contributed by atoms with E-state index >= 15 is 0 Å². The van der Waals surface area contributed by atoms with Crippen LogP contribution in [0.1, 0.15) is 0 Å². The highest BCUT2D eigenvalue weighted by Crippen LogP contribution is 1.91. The molecule has 0 bridgehead atoms. The molecule has 10 heavy (non-hydrogen) atoms. The van der Waals surface area contributed by atoms with Crippen LogP contribution in [0.3, 0.4) is 0 Å². The van der Waals surface area contributed by atoms with Crippen molar-refractivity contribution in [3.63, 3.8) is 0 Å². The number of hydrogen-bond donors (Lipinski definition) is 0. The normalized spacial score (nSPS) is 17.3. The Morgan fingerprint density at radius 2 is 2.40 bits per heavy atom. The Labute approximate surface area is 62.3 Å². The van der Waals surface area contributed by atoms with Gasteiger partial charge in [-0.3, -0.25) is 4.99 Å². The second-order valence-electron chi connectivity index (χ2n) is 2.86. The zero-order valence-electron chi connectivity index (χ0n) is 6.75. The van der Waals surface area contributed by atoms with E-state index in [1.165, 1.54) is 0 Å². The third-order valence-corrected chi connectivity index (χ3v) is 1.60. The van der Waals surface area contributed by atoms with Gasteiger partial charge < -0.3 is 9.80 Å². The van der Waals surface area contributed by atoms with Crippen LogP contribution in [-0.4, -0.2) is 56.4 Å². The van der Waals surface area contributed by atoms with Crippen molar-refractivity contribution in [1.82, 2.24) is 9.80 Å². The minimum absolute atomic E-state index is 0.980. The van der Waals surface area contributed by atoms with Crippen molar-refractivity contribution in [3.8, 4) is 0 Å². The molecule has 0 aliphatic carbocycles. The fraction of sp³-hybridized carbons (Fsp3) is 0.857. The van der Waals surface area contributed by atoms with E-state index in [-0.39, 0.29) is 0 Å². The Hall–Kier alpha value is -0.570. The highest BCUT2D eigenvalue weighted by atomic mass is 15.2. The molecular weight excluding hydrogens is 126 g/mol. The highest BCUT2D eigenvalue weighted by Gasteiger charge is 2.03. The van der Waals surface area contributed by atoms with Gasteiger partial charge in [-0.15, -0.1) is 0 Å². The standard InChI is InChI=1S/C7H15N3/c1-9(2)5-6-10-4-3-8-7-10/h7H,3-6H2,1-2H3. The molecule has 0 saturated carbocycles. The van der Waals surface area contributed by atoms with E-state index in [9.17, 15) is 0 Å². The Balaban J connectivity index is 2.08. The van der Waals surface area contributed by atoms with Crippen LogP contribution in [0.25, 0.3) is 0 Å². The molecule has 0 unspecified atom stereocenters. The molecule has 0 spiro atoms. The first-order chi connectivity index (χ1) is 4.79. The summed E-state index contributed by atoms with van der Waals surface area (Å²) in [7, 11) is 4.18. The van der Waals surface area contributed by atoms with E-state index in [2.05, 4.69) is 28.9 Å². The molecule has 0 aromatic carbocycles. The lowest BCUT2D eigenvalue weighted by molar-refractivity contribution is 0.347. The van der Waals surface area contributed by atoms with Gasteiger partial charge in [-0.1, -0.05) is 0 Å². The smallest absolute Gasteiger partial charge is 0.0851 e. The van der Waals surface area contributed by atoms with Gasteiger partial charge in [0.1, 0.15) is 0 Å². The van der Waals surface area contributed by atoms with E-state index in [0.717, 1.165) is 26.2 Å². The number of likely N-dealkylation sites (N-methyl/N-ethyl adjacent to an activating group) is 1. The van der Waals surface area contributed by atoms with Crippen LogP contribution in [0.4, 0.5) is 0 Å². The van der Waals surface area contributed by atoms with Crippen LogP contribution in [0.2, 0.25) is 0 Å². The lowest BCUT2D eigenvalue weighted by Gasteiger charge is -2.16. The van der Waals surface area contributed by atoms with Crippen molar-refractivity contribution in [2.75, 3.05) is 40.3 Å². The maximum atomic E-state index is 4.13. The second kappa shape index (κ2) is 3.56. The van der Waals surface area contributed by atoms with Gasteiger partial charge in [0.15, 0.2) is 0 Å². The lowest BCUT2D eigenvalue weighted by Crippen LogP contribution is -2.29. The molecule has 0 amide bonds. The quantitative estimate of drug-likeness (QED) is 0.546. The van der Waals surface area contributed by atoms with E-state index in [0.29, 0.717) is 0 Å². The first-order valence-electron chi connectivity index (χ1n) is 3.68. The van der Waals surface area contributed by atoms with Gasteiger partial charge in [0, 0.05) is 19.6 Å². The summed E-state index contributed by atoms with van der Waals surface area (Å²) in [6.45, 7) is 4.31. The summed E-state index contributed by atoms with van der Waals surface area (Å²) in [6, 6.07) is 0. The molecule has 0 radical (unpaired) electrons. The van der Waals surface area contributed by atoms with Crippen LogP contribution >= 0.6 is 0 Å². The van der Waals surface area contributed by atoms with Gasteiger partial charge in [-0.25, -0.2) is 0 Å². The molecule has 0 atom stereocenters. The zero-order valence-corrected chi connectivity index (χ0v) is 6.75. The SMILES string of the molecule is CN(C)CCN1C=NCC1. The van der Waals surface area contributed by atoms with Gasteiger partial charge >= 0.3 is 0 Å². The van der Waals surface area contributed by atoms with E-state index in [4.69, 9.17) is 0 Å². The van der Waals surface area contributed by atoms with E-state index in [1.54, 1.807) is 0 Å². The van der Waals surface area contributed by atoms with Crippen molar-refractivity contribution in [3.05, 3.63) is 0 Å². The molecule has 0 fully saturated rings. The predicted molar refractivity (Wildman–Crippen MR) is 43.5 cm³/mol. The molecule has 0 aromatic heterocycles. The fourth-order valence-corrected chi connectivity index (χ4v) is 0.915. The lowest BCUT2D eigenvalue weighted by atomic mass is 10.5. The molecule has 3 nitrogen and oxygen atoms in total. The van der Waals surface area contributed by atoms with Crippen LogP contribution in [0.5, 0.6) is 0 Å². The number of hydrogen-bond acceptors (Lipinski definition) is 3. The molecule has 0 saturated heterocycles. The van der Waals surface area contributed by atoms with Crippen molar-refractivity contribution in [1.29, 1.82) is 0 Å². The summed E-state index contributed by atoms with van der Waals surface area (Å²) < 4.78 is 0. The van der Waals surface area contributed by atoms with Gasteiger partial charge in [0.05, 0.1) is 12.9 Å². The molecule has 0 aromatic rings. The summed E-state index contributed by atoms with van der Waals surface area (Å²) >= 11 is 0. The largest absolute Gasteiger partial charge is 0.360 e. The monoisotopic (exact) mass is 141 g/mol. The maximum Gasteiger partial charge on any atom is 0.0851 e. The van der Waals surface area contributed by atoms with Crippen molar-refractivity contribution in [2.24, 2.45) is 4.99 Å². The molecule has 1 aliphatic heterocycles. The van der Waals surface area contributed by atoms with Crippen LogP contribution < -0.4 is 0 Å². The number of nitrogens with zero attached hydrogens (tertiary/aromatic N) is 3. The third kappa shape index (κ3) is 2.35. The Bertz CT molecular complexity index is 120. The first-order valence-corrected chi connectivity index (χ1v) is 3.68. The molecular formula is C7H15N3. The number of aliphatic imine (C=N–C) groups is 1. The molecule has 0 N–H and O–H groups in total. The average Bonchev–Trinajstić information content (AvgIpc) is 2.34. The average molecular weight is 141 g/mol. The van der Waals surface area contributed by atoms with Crippen molar-refractivity contribution < 1.29 is 0 Å². The Morgan fingerprint density at radius 1 is 1.60 bits per heavy atom. The Morgan fingerprint density at radius 3 is 2.90 bits per heavy atom. The summed E-state index contributed by atoms with van der Waals surface area (Å²) in [5.41, 5.74) is 0. The van der Waals surface area contributed by atoms with Crippen LogP contribution in [0.15, 0.2) is 4.99 Å². The summed E-state index contributed by atoms with van der Waals surface area (Å²) in [5, 5.41) is 0. The first kappa shape index (κ1) is 7.54. The zero-order chi connectivity index (χ0) is 7.40. The predicted octanol–water partition coefficient (Wildman–Crippen LogP) is -0.108. The summed E-state index contributed by atoms with van der Waals surface area (Å²) in [4.78, 5) is 8.56. The van der Waals surface area contributed by atoms with Gasteiger partial charge in [-0.2, -0.15) is 0 Å². The minimum atomic E-state index is 0.980. The van der Waals surface area contributed by atoms with Crippen LogP contribution in [-0.2, 0) is 0 Å². The second-order valence-corrected chi connectivity index (χ2v) is 2.86. The molecule has 1 aliphatic rings. The third-order valence-electron chi connectivity index (χ3n) is 1.60. The maximum absolute atomic E-state index is 4.13. The summed E-state index contributed by atoms with van der Waals surface area (Å²) in [5.74, 6) is 0. The molecule has 1 rings (SSSR count). The summed E-state index contributed by atoms with van der Waals surface area (Å²) in [6.07, 6.45) is 1.95. The van der Waals surface area contributed by atoms with Gasteiger partial charge in [0.2, 0.25) is 0 Å². The van der Waals surface area contributed by atoms with Crippen LogP contribution in [0, 0.1) is 0 Å². The van der Waals surface area contributed by atoms with Crippen molar-refractivity contribution >= 4 is 6.34 Å². The number of rotatable bonds is 3. The molecule has 3 heteroatoms. The van der Waals surface area contributed by atoms with Crippen molar-refractivity contribution in [2.45, 2.75) is 0 Å². The van der Waals surface area contributed by atoms with Gasteiger partial charge in [-0.05, 0) is 14.1 Å².